The number of nitrogens with one attached hydrogen (secondary N) is 1. The summed E-state index contributed by atoms with van der Waals surface area (Å²) >= 11 is 0. The van der Waals surface area contributed by atoms with Crippen molar-refractivity contribution in [3.05, 3.63) is 48.0 Å². The van der Waals surface area contributed by atoms with Crippen LogP contribution in [0.2, 0.25) is 0 Å². The molecule has 29 heavy (non-hydrogen) atoms. The smallest absolute Gasteiger partial charge is 0.325 e. The lowest BCUT2D eigenvalue weighted by Crippen LogP contribution is -2.35. The number of alkyl halides is 2. The number of carbonyl (C=O) groups excluding carboxylic acids is 1. The zero-order valence-electron chi connectivity index (χ0n) is 16.0. The predicted molar refractivity (Wildman–Crippen MR) is 105 cm³/mol. The SMILES string of the molecule is O=C1NC[C@H](C=CC(O)C(F)(F)c2ccccc2)N1CCCCCCP(=O)(O)O. The minimum atomic E-state index is -3.98. The fourth-order valence-corrected chi connectivity index (χ4v) is 3.77. The molecular weight excluding hydrogens is 405 g/mol. The number of aliphatic hydroxyl groups excluding tert-OH is 1. The number of unbranched alkanes of at least 4 members (excludes halogenated alkanes) is 3. The number of benzene rings is 1. The van der Waals surface area contributed by atoms with Gasteiger partial charge in [0.2, 0.25) is 0 Å². The van der Waals surface area contributed by atoms with Crippen LogP contribution < -0.4 is 5.32 Å². The van der Waals surface area contributed by atoms with Gasteiger partial charge in [0, 0.05) is 24.8 Å². The molecule has 10 heteroatoms. The molecular formula is C19H27F2N2O5P. The van der Waals surface area contributed by atoms with Crippen molar-refractivity contribution in [3.8, 4) is 0 Å². The third kappa shape index (κ3) is 7.19. The number of nitrogens with zero attached hydrogens (tertiary/aromatic N) is 1. The van der Waals surface area contributed by atoms with E-state index in [0.29, 0.717) is 32.2 Å². The van der Waals surface area contributed by atoms with Crippen LogP contribution in [0.5, 0.6) is 0 Å². The molecule has 0 aromatic heterocycles. The maximum Gasteiger partial charge on any atom is 0.325 e. The number of urea groups is 1. The highest BCUT2D eigenvalue weighted by Crippen LogP contribution is 2.35. The van der Waals surface area contributed by atoms with Gasteiger partial charge in [-0.1, -0.05) is 55.3 Å². The molecule has 1 aliphatic heterocycles. The highest BCUT2D eigenvalue weighted by Gasteiger charge is 2.39. The first kappa shape index (κ1) is 23.5. The number of aliphatic hydroxyl groups is 1. The van der Waals surface area contributed by atoms with E-state index < -0.39 is 25.7 Å². The van der Waals surface area contributed by atoms with E-state index in [9.17, 15) is 23.2 Å². The molecule has 0 radical (unpaired) electrons. The highest BCUT2D eigenvalue weighted by molar-refractivity contribution is 7.51. The van der Waals surface area contributed by atoms with Gasteiger partial charge in [-0.3, -0.25) is 4.57 Å². The van der Waals surface area contributed by atoms with Gasteiger partial charge in [-0.2, -0.15) is 8.78 Å². The largest absolute Gasteiger partial charge is 0.382 e. The van der Waals surface area contributed by atoms with E-state index in [0.717, 1.165) is 6.08 Å². The van der Waals surface area contributed by atoms with Gasteiger partial charge in [-0.25, -0.2) is 4.79 Å². The first-order valence-electron chi connectivity index (χ1n) is 9.50. The Balaban J connectivity index is 1.85. The summed E-state index contributed by atoms with van der Waals surface area (Å²) in [5, 5.41) is 12.6. The second-order valence-corrected chi connectivity index (χ2v) is 8.84. The normalized spacial score (nSPS) is 19.0. The summed E-state index contributed by atoms with van der Waals surface area (Å²) in [6, 6.07) is 6.30. The average Bonchev–Trinajstić information content (AvgIpc) is 3.02. The average molecular weight is 432 g/mol. The van der Waals surface area contributed by atoms with Crippen molar-refractivity contribution in [2.24, 2.45) is 0 Å². The molecule has 0 spiro atoms. The maximum atomic E-state index is 14.3. The third-order valence-electron chi connectivity index (χ3n) is 4.77. The summed E-state index contributed by atoms with van der Waals surface area (Å²) in [6.45, 7) is 0.652. The van der Waals surface area contributed by atoms with Gasteiger partial charge in [-0.15, -0.1) is 0 Å². The van der Waals surface area contributed by atoms with Crippen LogP contribution in [0.3, 0.4) is 0 Å². The summed E-state index contributed by atoms with van der Waals surface area (Å²) < 4.78 is 39.5. The van der Waals surface area contributed by atoms with Gasteiger partial charge >= 0.3 is 19.5 Å². The van der Waals surface area contributed by atoms with Crippen molar-refractivity contribution in [1.29, 1.82) is 0 Å². The van der Waals surface area contributed by atoms with E-state index in [2.05, 4.69) is 5.32 Å². The van der Waals surface area contributed by atoms with Gasteiger partial charge in [0.1, 0.15) is 6.10 Å². The number of hydrogen-bond acceptors (Lipinski definition) is 3. The van der Waals surface area contributed by atoms with Gasteiger partial charge in [0.05, 0.1) is 6.04 Å². The quantitative estimate of drug-likeness (QED) is 0.244. The van der Waals surface area contributed by atoms with E-state index >= 15 is 0 Å². The molecule has 162 valence electrons. The maximum absolute atomic E-state index is 14.3. The Morgan fingerprint density at radius 1 is 1.21 bits per heavy atom. The molecule has 2 atom stereocenters. The minimum Gasteiger partial charge on any atom is -0.382 e. The molecule has 1 aromatic carbocycles. The van der Waals surface area contributed by atoms with Gasteiger partial charge in [0.25, 0.3) is 0 Å². The molecule has 0 bridgehead atoms. The number of rotatable bonds is 11. The summed E-state index contributed by atoms with van der Waals surface area (Å²) in [5.41, 5.74) is -0.287. The number of amides is 2. The number of halogens is 2. The molecule has 2 rings (SSSR count). The molecule has 1 unspecified atom stereocenters. The first-order valence-corrected chi connectivity index (χ1v) is 11.3. The monoisotopic (exact) mass is 432 g/mol. The van der Waals surface area contributed by atoms with Crippen LogP contribution in [0.1, 0.15) is 31.2 Å². The number of carbonyl (C=O) groups is 1. The standard InChI is InChI=1S/C19H27F2N2O5P/c20-19(21,15-8-4-3-5-9-15)17(24)11-10-16-14-22-18(25)23(16)12-6-1-2-7-13-29(26,27)28/h3-5,8-11,16-17,24H,1-2,6-7,12-14H2,(H,22,25)(H2,26,27,28)/t16-,17?/m0/s1. The van der Waals surface area contributed by atoms with E-state index in [1.54, 1.807) is 6.07 Å². The van der Waals surface area contributed by atoms with Crippen LogP contribution in [0.4, 0.5) is 13.6 Å². The van der Waals surface area contributed by atoms with Crippen LogP contribution in [-0.4, -0.2) is 57.2 Å². The topological polar surface area (TPSA) is 110 Å². The Bertz CT molecular complexity index is 741. The van der Waals surface area contributed by atoms with Crippen LogP contribution in [0.15, 0.2) is 42.5 Å². The molecule has 7 nitrogen and oxygen atoms in total. The Morgan fingerprint density at radius 3 is 2.52 bits per heavy atom. The molecule has 1 saturated heterocycles. The Morgan fingerprint density at radius 2 is 1.86 bits per heavy atom. The van der Waals surface area contributed by atoms with Gasteiger partial charge in [0.15, 0.2) is 0 Å². The van der Waals surface area contributed by atoms with E-state index in [1.807, 2.05) is 0 Å². The number of hydrogen-bond donors (Lipinski definition) is 4. The van der Waals surface area contributed by atoms with Crippen molar-refractivity contribution < 1.29 is 33.0 Å². The third-order valence-corrected chi connectivity index (χ3v) is 5.67. The molecule has 1 aromatic rings. The highest BCUT2D eigenvalue weighted by atomic mass is 31.2. The van der Waals surface area contributed by atoms with Crippen LogP contribution >= 0.6 is 7.60 Å². The molecule has 0 saturated carbocycles. The zero-order chi connectivity index (χ0) is 21.5. The molecule has 0 aliphatic carbocycles. The molecule has 4 N–H and O–H groups in total. The zero-order valence-corrected chi connectivity index (χ0v) is 16.8. The molecule has 1 aliphatic rings. The van der Waals surface area contributed by atoms with Crippen molar-refractivity contribution in [2.75, 3.05) is 19.3 Å². The lowest BCUT2D eigenvalue weighted by Gasteiger charge is -2.23. The Hall–Kier alpha value is -1.80. The fourth-order valence-electron chi connectivity index (χ4n) is 3.13. The lowest BCUT2D eigenvalue weighted by molar-refractivity contribution is -0.0929. The Kier molecular flexibility index (Phi) is 8.34. The van der Waals surface area contributed by atoms with Crippen molar-refractivity contribution in [1.82, 2.24) is 10.2 Å². The second-order valence-electron chi connectivity index (χ2n) is 7.07. The molecule has 1 heterocycles. The van der Waals surface area contributed by atoms with E-state index in [4.69, 9.17) is 9.79 Å². The Labute approximate surface area is 168 Å². The van der Waals surface area contributed by atoms with Crippen molar-refractivity contribution in [2.45, 2.75) is 43.8 Å². The minimum absolute atomic E-state index is 0.157. The molecule has 1 fully saturated rings. The second kappa shape index (κ2) is 10.3. The van der Waals surface area contributed by atoms with E-state index in [-0.39, 0.29) is 24.3 Å². The van der Waals surface area contributed by atoms with Crippen LogP contribution in [-0.2, 0) is 10.5 Å². The summed E-state index contributed by atoms with van der Waals surface area (Å²) in [5.74, 6) is -3.45. The lowest BCUT2D eigenvalue weighted by atomic mass is 10.0. The van der Waals surface area contributed by atoms with Crippen molar-refractivity contribution in [3.63, 3.8) is 0 Å². The summed E-state index contributed by atoms with van der Waals surface area (Å²) in [7, 11) is -3.98. The van der Waals surface area contributed by atoms with Gasteiger partial charge in [-0.05, 0) is 12.8 Å². The first-order chi connectivity index (χ1) is 13.6. The van der Waals surface area contributed by atoms with Gasteiger partial charge < -0.3 is 25.1 Å². The summed E-state index contributed by atoms with van der Waals surface area (Å²) in [6.07, 6.45) is 2.60. The van der Waals surface area contributed by atoms with Crippen LogP contribution in [0, 0.1) is 0 Å². The predicted octanol–water partition coefficient (Wildman–Crippen LogP) is 2.83. The summed E-state index contributed by atoms with van der Waals surface area (Å²) in [4.78, 5) is 31.1. The van der Waals surface area contributed by atoms with Crippen LogP contribution in [0.25, 0.3) is 0 Å². The van der Waals surface area contributed by atoms with Crippen molar-refractivity contribution >= 4 is 13.6 Å². The van der Waals surface area contributed by atoms with E-state index in [1.165, 1.54) is 35.2 Å². The fraction of sp³-hybridized carbons (Fsp3) is 0.526. The molecule has 2 amide bonds.